The van der Waals surface area contributed by atoms with Crippen LogP contribution in [0.1, 0.15) is 33.1 Å². The first-order valence-corrected chi connectivity index (χ1v) is 6.08. The van der Waals surface area contributed by atoms with Crippen LogP contribution in [0.2, 0.25) is 5.28 Å². The quantitative estimate of drug-likeness (QED) is 0.807. The van der Waals surface area contributed by atoms with Gasteiger partial charge in [0.25, 0.3) is 0 Å². The molecule has 0 amide bonds. The van der Waals surface area contributed by atoms with Crippen LogP contribution in [0.4, 0.5) is 5.82 Å². The molecule has 1 aromatic heterocycles. The van der Waals surface area contributed by atoms with Crippen molar-refractivity contribution in [1.82, 2.24) is 15.0 Å². The van der Waals surface area contributed by atoms with Crippen LogP contribution in [-0.4, -0.2) is 27.1 Å². The van der Waals surface area contributed by atoms with Gasteiger partial charge >= 0.3 is 0 Å². The molecular formula is C11H17ClN4. The van der Waals surface area contributed by atoms with Crippen LogP contribution >= 0.6 is 11.6 Å². The maximum Gasteiger partial charge on any atom is 0.224 e. The molecule has 4 nitrogen and oxygen atoms in total. The fourth-order valence-corrected chi connectivity index (χ4v) is 2.32. The lowest BCUT2D eigenvalue weighted by Gasteiger charge is -2.39. The number of rotatable bonds is 2. The molecule has 2 atom stereocenters. The Bertz CT molecular complexity index is 348. The fourth-order valence-electron chi connectivity index (χ4n) is 2.17. The first-order chi connectivity index (χ1) is 7.66. The number of hydrogen-bond acceptors (Lipinski definition) is 4. The Morgan fingerprint density at radius 3 is 2.69 bits per heavy atom. The van der Waals surface area contributed by atoms with Crippen molar-refractivity contribution in [2.45, 2.75) is 45.2 Å². The number of halogens is 1. The van der Waals surface area contributed by atoms with Crippen molar-refractivity contribution in [2.24, 2.45) is 0 Å². The average Bonchev–Trinajstić information content (AvgIpc) is 2.24. The largest absolute Gasteiger partial charge is 0.302 e. The van der Waals surface area contributed by atoms with Gasteiger partial charge in [-0.05, 0) is 38.3 Å². The van der Waals surface area contributed by atoms with Gasteiger partial charge in [0.2, 0.25) is 5.28 Å². The van der Waals surface area contributed by atoms with Crippen LogP contribution in [0.25, 0.3) is 0 Å². The number of nitrogens with zero attached hydrogens (tertiary/aromatic N) is 3. The number of hydrazine groups is 1. The van der Waals surface area contributed by atoms with Crippen LogP contribution in [0.3, 0.4) is 0 Å². The Kier molecular flexibility index (Phi) is 3.61. The molecule has 0 spiro atoms. The first-order valence-electron chi connectivity index (χ1n) is 5.70. The van der Waals surface area contributed by atoms with Crippen molar-refractivity contribution >= 4 is 17.4 Å². The van der Waals surface area contributed by atoms with Crippen LogP contribution in [0, 0.1) is 0 Å². The van der Waals surface area contributed by atoms with E-state index in [0.29, 0.717) is 12.1 Å². The zero-order valence-corrected chi connectivity index (χ0v) is 10.4. The zero-order valence-electron chi connectivity index (χ0n) is 9.65. The van der Waals surface area contributed by atoms with Crippen molar-refractivity contribution in [3.63, 3.8) is 0 Å². The summed E-state index contributed by atoms with van der Waals surface area (Å²) >= 11 is 5.75. The second-order valence-electron chi connectivity index (χ2n) is 4.36. The van der Waals surface area contributed by atoms with E-state index in [0.717, 1.165) is 5.82 Å². The van der Waals surface area contributed by atoms with E-state index < -0.39 is 0 Å². The summed E-state index contributed by atoms with van der Waals surface area (Å²) in [5.41, 5.74) is 3.32. The smallest absolute Gasteiger partial charge is 0.224 e. The normalized spacial score (nSPS) is 26.7. The highest BCUT2D eigenvalue weighted by molar-refractivity contribution is 6.28. The Hall–Kier alpha value is -0.870. The highest BCUT2D eigenvalue weighted by Crippen LogP contribution is 2.22. The molecule has 1 fully saturated rings. The molecule has 2 unspecified atom stereocenters. The Balaban J connectivity index is 2.07. The molecule has 0 aliphatic carbocycles. The first kappa shape index (κ1) is 11.6. The van der Waals surface area contributed by atoms with Gasteiger partial charge in [0.1, 0.15) is 5.82 Å². The van der Waals surface area contributed by atoms with Crippen LogP contribution in [0.15, 0.2) is 12.3 Å². The molecule has 1 aliphatic heterocycles. The van der Waals surface area contributed by atoms with Gasteiger partial charge in [0, 0.05) is 24.3 Å². The van der Waals surface area contributed by atoms with E-state index in [1.165, 1.54) is 19.3 Å². The maximum absolute atomic E-state index is 5.75. The molecule has 0 radical (unpaired) electrons. The summed E-state index contributed by atoms with van der Waals surface area (Å²) in [6.07, 6.45) is 5.40. The number of anilines is 1. The molecule has 5 heteroatoms. The lowest BCUT2D eigenvalue weighted by Crippen LogP contribution is -2.47. The maximum atomic E-state index is 5.75. The summed E-state index contributed by atoms with van der Waals surface area (Å²) in [7, 11) is 0. The Labute approximate surface area is 101 Å². The summed E-state index contributed by atoms with van der Waals surface area (Å²) in [5, 5.41) is 2.53. The minimum atomic E-state index is 0.280. The third-order valence-corrected chi connectivity index (χ3v) is 3.25. The molecule has 2 heterocycles. The number of hydrogen-bond donors (Lipinski definition) is 1. The van der Waals surface area contributed by atoms with Gasteiger partial charge < -0.3 is 5.43 Å². The number of piperidine rings is 1. The standard InChI is InChI=1S/C11H17ClN4/c1-8-4-3-5-9(2)16(8)15-10-6-7-13-11(12)14-10/h6-9H,3-5H2,1-2H3,(H,13,14,15). The second-order valence-corrected chi connectivity index (χ2v) is 4.70. The van der Waals surface area contributed by atoms with Gasteiger partial charge in [0.15, 0.2) is 0 Å². The predicted octanol–water partition coefficient (Wildman–Crippen LogP) is 2.72. The molecule has 0 saturated carbocycles. The SMILES string of the molecule is CC1CCCC(C)N1Nc1ccnc(Cl)n1. The van der Waals surface area contributed by atoms with Crippen LogP contribution in [0.5, 0.6) is 0 Å². The zero-order chi connectivity index (χ0) is 11.5. The summed E-state index contributed by atoms with van der Waals surface area (Å²) in [6.45, 7) is 4.46. The van der Waals surface area contributed by atoms with E-state index in [9.17, 15) is 0 Å². The number of aromatic nitrogens is 2. The monoisotopic (exact) mass is 240 g/mol. The van der Waals surface area contributed by atoms with E-state index in [1.54, 1.807) is 6.20 Å². The van der Waals surface area contributed by atoms with E-state index in [2.05, 4.69) is 34.3 Å². The van der Waals surface area contributed by atoms with Crippen molar-refractivity contribution in [3.05, 3.63) is 17.5 Å². The molecular weight excluding hydrogens is 224 g/mol. The van der Waals surface area contributed by atoms with Gasteiger partial charge in [-0.1, -0.05) is 6.42 Å². The van der Waals surface area contributed by atoms with Crippen molar-refractivity contribution < 1.29 is 0 Å². The third kappa shape index (κ3) is 2.62. The molecule has 1 saturated heterocycles. The molecule has 0 aromatic carbocycles. The minimum Gasteiger partial charge on any atom is -0.302 e. The van der Waals surface area contributed by atoms with Gasteiger partial charge in [-0.2, -0.15) is 4.98 Å². The number of nitrogens with one attached hydrogen (secondary N) is 1. The van der Waals surface area contributed by atoms with Crippen LogP contribution in [-0.2, 0) is 0 Å². The van der Waals surface area contributed by atoms with Crippen molar-refractivity contribution in [2.75, 3.05) is 5.43 Å². The van der Waals surface area contributed by atoms with E-state index in [4.69, 9.17) is 11.6 Å². The lowest BCUT2D eigenvalue weighted by atomic mass is 10.00. The van der Waals surface area contributed by atoms with E-state index >= 15 is 0 Å². The average molecular weight is 241 g/mol. The summed E-state index contributed by atoms with van der Waals surface area (Å²) in [4.78, 5) is 8.00. The van der Waals surface area contributed by atoms with Gasteiger partial charge in [0.05, 0.1) is 0 Å². The molecule has 0 bridgehead atoms. The summed E-state index contributed by atoms with van der Waals surface area (Å²) in [6, 6.07) is 2.88. The molecule has 1 aromatic rings. The Morgan fingerprint density at radius 2 is 2.06 bits per heavy atom. The highest BCUT2D eigenvalue weighted by Gasteiger charge is 2.24. The molecule has 1 N–H and O–H groups in total. The highest BCUT2D eigenvalue weighted by atomic mass is 35.5. The summed E-state index contributed by atoms with van der Waals surface area (Å²) < 4.78 is 0. The van der Waals surface area contributed by atoms with Crippen LogP contribution < -0.4 is 5.43 Å². The minimum absolute atomic E-state index is 0.280. The molecule has 2 rings (SSSR count). The fraction of sp³-hybridized carbons (Fsp3) is 0.636. The van der Waals surface area contributed by atoms with E-state index in [-0.39, 0.29) is 5.28 Å². The van der Waals surface area contributed by atoms with Crippen molar-refractivity contribution in [1.29, 1.82) is 0 Å². The predicted molar refractivity (Wildman–Crippen MR) is 65.3 cm³/mol. The van der Waals surface area contributed by atoms with Gasteiger partial charge in [-0.15, -0.1) is 0 Å². The molecule has 88 valence electrons. The second kappa shape index (κ2) is 4.97. The topological polar surface area (TPSA) is 41.0 Å². The molecule has 1 aliphatic rings. The van der Waals surface area contributed by atoms with Gasteiger partial charge in [-0.3, -0.25) is 0 Å². The van der Waals surface area contributed by atoms with Crippen molar-refractivity contribution in [3.8, 4) is 0 Å². The molecule has 16 heavy (non-hydrogen) atoms. The lowest BCUT2D eigenvalue weighted by molar-refractivity contribution is 0.135. The van der Waals surface area contributed by atoms with Gasteiger partial charge in [-0.25, -0.2) is 9.99 Å². The Morgan fingerprint density at radius 1 is 1.38 bits per heavy atom. The third-order valence-electron chi connectivity index (χ3n) is 3.06. The summed E-state index contributed by atoms with van der Waals surface area (Å²) in [5.74, 6) is 0.764. The van der Waals surface area contributed by atoms with E-state index in [1.807, 2.05) is 6.07 Å².